The molecule has 88 valence electrons. The Hall–Kier alpha value is -2.15. The zero-order chi connectivity index (χ0) is 12.6. The predicted molar refractivity (Wildman–Crippen MR) is 54.8 cm³/mol. The summed E-state index contributed by atoms with van der Waals surface area (Å²) in [5, 5.41) is 23.3. The van der Waals surface area contributed by atoms with Crippen LogP contribution in [-0.4, -0.2) is 22.2 Å². The molecule has 1 rings (SSSR count). The van der Waals surface area contributed by atoms with Crippen molar-refractivity contribution in [2.75, 3.05) is 0 Å². The molecule has 0 bridgehead atoms. The lowest BCUT2D eigenvalue weighted by atomic mass is 10.1. The molecule has 7 heteroatoms. The molecule has 0 aliphatic heterocycles. The standard InChI is InChI=1S/C9H11NO2.NO3/c10-8(9(11)12)6-7-4-2-1-3-5-7;2-1(3)4/h1-5,8H,6,10H2,(H,11,12);/q;-1/p+1. The number of nitrogens with zero attached hydrogens (tertiary/aromatic N) is 1. The van der Waals surface area contributed by atoms with Gasteiger partial charge in [0.1, 0.15) is 0 Å². The van der Waals surface area contributed by atoms with Crippen molar-refractivity contribution in [1.29, 1.82) is 0 Å². The van der Waals surface area contributed by atoms with E-state index in [-0.39, 0.29) is 0 Å². The lowest BCUT2D eigenvalue weighted by Crippen LogP contribution is -2.65. The highest BCUT2D eigenvalue weighted by atomic mass is 16.9. The molecule has 16 heavy (non-hydrogen) atoms. The molecule has 0 aliphatic rings. The first-order valence-electron chi connectivity index (χ1n) is 4.34. The molecule has 0 fully saturated rings. The Bertz CT molecular complexity index is 337. The summed E-state index contributed by atoms with van der Waals surface area (Å²) < 4.78 is 0. The maximum absolute atomic E-state index is 10.4. The zero-order valence-corrected chi connectivity index (χ0v) is 8.41. The maximum Gasteiger partial charge on any atom is 0.362 e. The first kappa shape index (κ1) is 13.8. The van der Waals surface area contributed by atoms with Gasteiger partial charge in [-0.15, -0.1) is 0 Å². The summed E-state index contributed by atoms with van der Waals surface area (Å²) in [5.41, 5.74) is 4.55. The van der Waals surface area contributed by atoms with Crippen LogP contribution < -0.4 is 5.73 Å². The van der Waals surface area contributed by atoms with Crippen LogP contribution in [0.3, 0.4) is 0 Å². The van der Waals surface area contributed by atoms with Gasteiger partial charge in [-0.05, 0) is 5.56 Å². The van der Waals surface area contributed by atoms with Crippen LogP contribution in [-0.2, 0) is 11.2 Å². The van der Waals surface area contributed by atoms with Gasteiger partial charge in [0.15, 0.2) is 6.04 Å². The van der Waals surface area contributed by atoms with Gasteiger partial charge < -0.3 is 26.2 Å². The van der Waals surface area contributed by atoms with Gasteiger partial charge >= 0.3 is 5.97 Å². The van der Waals surface area contributed by atoms with Gasteiger partial charge in [0.25, 0.3) is 0 Å². The Labute approximate surface area is 91.2 Å². The van der Waals surface area contributed by atoms with Crippen molar-refractivity contribution in [3.8, 4) is 0 Å². The van der Waals surface area contributed by atoms with Crippen LogP contribution in [0.5, 0.6) is 0 Å². The third-order valence-corrected chi connectivity index (χ3v) is 1.67. The number of carbonyl (C=O) groups is 1. The SMILES string of the molecule is O=[N+]([O-])[O-].[NH3+]C(Cc1ccccc1)C(=O)O. The first-order chi connectivity index (χ1) is 7.43. The van der Waals surface area contributed by atoms with E-state index in [1.165, 1.54) is 0 Å². The van der Waals surface area contributed by atoms with Crippen LogP contribution in [0.15, 0.2) is 30.3 Å². The summed E-state index contributed by atoms with van der Waals surface area (Å²) in [5.74, 6) is -0.848. The van der Waals surface area contributed by atoms with Crippen molar-refractivity contribution >= 4 is 5.97 Å². The third kappa shape index (κ3) is 7.27. The van der Waals surface area contributed by atoms with Gasteiger partial charge in [0, 0.05) is 6.42 Å². The monoisotopic (exact) mass is 228 g/mol. The van der Waals surface area contributed by atoms with E-state index in [0.717, 1.165) is 5.56 Å². The van der Waals surface area contributed by atoms with Crippen molar-refractivity contribution in [2.24, 2.45) is 0 Å². The molecule has 0 radical (unpaired) electrons. The molecule has 0 aliphatic carbocycles. The van der Waals surface area contributed by atoms with Crippen LogP contribution >= 0.6 is 0 Å². The molecule has 0 heterocycles. The van der Waals surface area contributed by atoms with E-state index < -0.39 is 17.1 Å². The number of carboxylic acids is 1. The number of carboxylic acid groups (broad SMARTS) is 1. The van der Waals surface area contributed by atoms with Crippen molar-refractivity contribution in [3.63, 3.8) is 0 Å². The molecule has 1 atom stereocenters. The molecule has 0 aromatic heterocycles. The Morgan fingerprint density at radius 2 is 1.81 bits per heavy atom. The van der Waals surface area contributed by atoms with Gasteiger partial charge in [-0.2, -0.15) is 0 Å². The summed E-state index contributed by atoms with van der Waals surface area (Å²) in [6.45, 7) is 0. The second kappa shape index (κ2) is 7.18. The minimum atomic E-state index is -1.75. The Kier molecular flexibility index (Phi) is 6.22. The summed E-state index contributed by atoms with van der Waals surface area (Å²) in [6.07, 6.45) is 0.496. The lowest BCUT2D eigenvalue weighted by molar-refractivity contribution is -0.407. The Morgan fingerprint density at radius 1 is 1.38 bits per heavy atom. The summed E-state index contributed by atoms with van der Waals surface area (Å²) >= 11 is 0. The number of quaternary nitrogens is 1. The molecule has 7 nitrogen and oxygen atoms in total. The van der Waals surface area contributed by atoms with Crippen LogP contribution in [0, 0.1) is 15.3 Å². The number of rotatable bonds is 3. The molecule has 1 aromatic rings. The van der Waals surface area contributed by atoms with Gasteiger partial charge in [-0.1, -0.05) is 30.3 Å². The van der Waals surface area contributed by atoms with Gasteiger partial charge in [-0.25, -0.2) is 4.79 Å². The average Bonchev–Trinajstić information content (AvgIpc) is 2.18. The smallest absolute Gasteiger partial charge is 0.362 e. The molecule has 4 N–H and O–H groups in total. The van der Waals surface area contributed by atoms with Crippen molar-refractivity contribution < 1.29 is 20.7 Å². The highest BCUT2D eigenvalue weighted by Gasteiger charge is 2.15. The predicted octanol–water partition coefficient (Wildman–Crippen LogP) is -0.315. The molecule has 0 amide bonds. The molecule has 1 aromatic carbocycles. The minimum absolute atomic E-state index is 0.496. The Morgan fingerprint density at radius 3 is 2.19 bits per heavy atom. The van der Waals surface area contributed by atoms with Crippen LogP contribution in [0.25, 0.3) is 0 Å². The third-order valence-electron chi connectivity index (χ3n) is 1.67. The maximum atomic E-state index is 10.4. The van der Waals surface area contributed by atoms with Crippen LogP contribution in [0.4, 0.5) is 0 Å². The second-order valence-corrected chi connectivity index (χ2v) is 2.95. The van der Waals surface area contributed by atoms with Crippen LogP contribution in [0.2, 0.25) is 0 Å². The average molecular weight is 228 g/mol. The minimum Gasteiger partial charge on any atom is -0.477 e. The summed E-state index contributed by atoms with van der Waals surface area (Å²) in [4.78, 5) is 18.7. The van der Waals surface area contributed by atoms with E-state index in [2.05, 4.69) is 5.73 Å². The Balaban J connectivity index is 0.000000487. The number of benzene rings is 1. The normalized spacial score (nSPS) is 10.8. The number of hydrogen-bond donors (Lipinski definition) is 2. The van der Waals surface area contributed by atoms with E-state index in [4.69, 9.17) is 20.4 Å². The first-order valence-corrected chi connectivity index (χ1v) is 4.34. The van der Waals surface area contributed by atoms with Crippen LogP contribution in [0.1, 0.15) is 5.56 Å². The summed E-state index contributed by atoms with van der Waals surface area (Å²) in [6, 6.07) is 8.95. The van der Waals surface area contributed by atoms with E-state index in [1.807, 2.05) is 30.3 Å². The molecule has 0 saturated heterocycles. The number of hydrogen-bond acceptors (Lipinski definition) is 4. The fourth-order valence-corrected chi connectivity index (χ4v) is 0.986. The van der Waals surface area contributed by atoms with E-state index >= 15 is 0 Å². The summed E-state index contributed by atoms with van der Waals surface area (Å²) in [7, 11) is 0. The van der Waals surface area contributed by atoms with E-state index in [1.54, 1.807) is 0 Å². The fraction of sp³-hybridized carbons (Fsp3) is 0.222. The van der Waals surface area contributed by atoms with Crippen molar-refractivity contribution in [1.82, 2.24) is 0 Å². The molecular formula is C9H12N2O5. The molecular weight excluding hydrogens is 216 g/mol. The largest absolute Gasteiger partial charge is 0.477 e. The lowest BCUT2D eigenvalue weighted by Gasteiger charge is -2.02. The molecule has 0 saturated carbocycles. The topological polar surface area (TPSA) is 131 Å². The quantitative estimate of drug-likeness (QED) is 0.540. The van der Waals surface area contributed by atoms with Gasteiger partial charge in [-0.3, -0.25) is 0 Å². The highest BCUT2D eigenvalue weighted by molar-refractivity contribution is 5.71. The molecule has 0 spiro atoms. The van der Waals surface area contributed by atoms with E-state index in [9.17, 15) is 4.79 Å². The van der Waals surface area contributed by atoms with Crippen molar-refractivity contribution in [2.45, 2.75) is 12.5 Å². The van der Waals surface area contributed by atoms with Gasteiger partial charge in [0.2, 0.25) is 0 Å². The number of aliphatic carboxylic acids is 1. The highest BCUT2D eigenvalue weighted by Crippen LogP contribution is 2.00. The van der Waals surface area contributed by atoms with Crippen molar-refractivity contribution in [3.05, 3.63) is 51.2 Å². The zero-order valence-electron chi connectivity index (χ0n) is 8.41. The fourth-order valence-electron chi connectivity index (χ4n) is 0.986. The van der Waals surface area contributed by atoms with Gasteiger partial charge in [0.05, 0.1) is 5.09 Å². The second-order valence-electron chi connectivity index (χ2n) is 2.95. The van der Waals surface area contributed by atoms with E-state index in [0.29, 0.717) is 6.42 Å². The molecule has 1 unspecified atom stereocenters.